The molecule has 0 spiro atoms. The molecule has 0 aromatic rings. The Morgan fingerprint density at radius 3 is 2.23 bits per heavy atom. The van der Waals surface area contributed by atoms with Crippen molar-refractivity contribution in [2.24, 2.45) is 0 Å². The van der Waals surface area contributed by atoms with Crippen molar-refractivity contribution in [2.45, 2.75) is 33.1 Å². The van der Waals surface area contributed by atoms with Gasteiger partial charge >= 0.3 is 12.0 Å². The van der Waals surface area contributed by atoms with Crippen molar-refractivity contribution in [1.82, 2.24) is 20.4 Å². The summed E-state index contributed by atoms with van der Waals surface area (Å²) >= 11 is 0. The van der Waals surface area contributed by atoms with Crippen LogP contribution in [0.5, 0.6) is 0 Å². The van der Waals surface area contributed by atoms with Crippen LogP contribution in [-0.4, -0.2) is 91.1 Å². The lowest BCUT2D eigenvalue weighted by atomic mass is 10.3. The van der Waals surface area contributed by atoms with Gasteiger partial charge < -0.3 is 25.4 Å². The summed E-state index contributed by atoms with van der Waals surface area (Å²) in [6.07, 6.45) is 2.64. The molecule has 1 rings (SSSR count). The lowest BCUT2D eigenvalue weighted by Gasteiger charge is -2.22. The van der Waals surface area contributed by atoms with Crippen LogP contribution < -0.4 is 10.6 Å². The molecule has 11 nitrogen and oxygen atoms in total. The second-order valence-electron chi connectivity index (χ2n) is 5.97. The van der Waals surface area contributed by atoms with Crippen molar-refractivity contribution in [1.29, 1.82) is 0 Å². The van der Waals surface area contributed by atoms with E-state index in [0.29, 0.717) is 32.7 Å². The number of methoxy groups -OCH3 is 1. The minimum Gasteiger partial charge on any atom is -0.481 e. The lowest BCUT2D eigenvalue weighted by Crippen LogP contribution is -2.43. The molecular weight excluding hydrogens is 396 g/mol. The fourth-order valence-electron chi connectivity index (χ4n) is 2.36. The van der Waals surface area contributed by atoms with Gasteiger partial charge in [-0.25, -0.2) is 4.79 Å². The Morgan fingerprint density at radius 2 is 1.67 bits per heavy atom. The first-order valence-corrected chi connectivity index (χ1v) is 9.89. The second-order valence-corrected chi connectivity index (χ2v) is 5.97. The first-order valence-electron chi connectivity index (χ1n) is 9.89. The molecule has 0 bridgehead atoms. The number of carbonyl (C=O) groups is 5. The Balaban J connectivity index is 0.00000407. The summed E-state index contributed by atoms with van der Waals surface area (Å²) in [6, 6.07) is -0.400. The molecule has 0 aliphatic carbocycles. The van der Waals surface area contributed by atoms with Gasteiger partial charge in [-0.3, -0.25) is 24.1 Å². The van der Waals surface area contributed by atoms with Crippen molar-refractivity contribution < 1.29 is 33.8 Å². The number of rotatable bonds is 13. The van der Waals surface area contributed by atoms with Crippen LogP contribution in [0.1, 0.15) is 33.1 Å². The molecule has 0 atom stereocenters. The molecule has 5 amide bonds. The summed E-state index contributed by atoms with van der Waals surface area (Å²) in [5, 5.41) is 13.8. The molecule has 1 aliphatic rings. The Kier molecular flexibility index (Phi) is 14.3. The quantitative estimate of drug-likeness (QED) is 0.276. The molecule has 0 aromatic carbocycles. The number of nitrogens with zero attached hydrogens (tertiary/aromatic N) is 2. The lowest BCUT2D eigenvalue weighted by molar-refractivity contribution is -0.138. The van der Waals surface area contributed by atoms with Gasteiger partial charge in [-0.1, -0.05) is 13.8 Å². The Morgan fingerprint density at radius 1 is 1.03 bits per heavy atom. The predicted molar refractivity (Wildman–Crippen MR) is 109 cm³/mol. The van der Waals surface area contributed by atoms with Gasteiger partial charge in [-0.2, -0.15) is 0 Å². The number of urea groups is 1. The van der Waals surface area contributed by atoms with E-state index >= 15 is 0 Å². The van der Waals surface area contributed by atoms with Crippen LogP contribution in [-0.2, 0) is 23.9 Å². The summed E-state index contributed by atoms with van der Waals surface area (Å²) in [5.41, 5.74) is 0. The third-order valence-corrected chi connectivity index (χ3v) is 3.86. The topological polar surface area (TPSA) is 145 Å². The fourth-order valence-corrected chi connectivity index (χ4v) is 2.36. The summed E-state index contributed by atoms with van der Waals surface area (Å²) in [6.45, 7) is 5.35. The third-order valence-electron chi connectivity index (χ3n) is 3.86. The van der Waals surface area contributed by atoms with Gasteiger partial charge in [0.25, 0.3) is 11.8 Å². The highest BCUT2D eigenvalue weighted by Gasteiger charge is 2.23. The number of ether oxygens (including phenoxy) is 1. The number of carboxylic acids is 1. The van der Waals surface area contributed by atoms with Crippen molar-refractivity contribution in [3.63, 3.8) is 0 Å². The molecular formula is C19H32N4O7. The van der Waals surface area contributed by atoms with Gasteiger partial charge in [-0.15, -0.1) is 0 Å². The molecule has 0 unspecified atom stereocenters. The molecule has 3 N–H and O–H groups in total. The van der Waals surface area contributed by atoms with Gasteiger partial charge in [0.05, 0.1) is 13.0 Å². The SMILES string of the molecule is CC.COCCN(CCCNC(=O)CCN1C(=O)C=CC1=O)C(=O)NCCC(=O)O. The highest BCUT2D eigenvalue weighted by Crippen LogP contribution is 2.04. The van der Waals surface area contributed by atoms with E-state index in [2.05, 4.69) is 10.6 Å². The average Bonchev–Trinajstić information content (AvgIpc) is 3.04. The normalized spacial score (nSPS) is 12.3. The Labute approximate surface area is 176 Å². The van der Waals surface area contributed by atoms with Crippen molar-refractivity contribution in [3.8, 4) is 0 Å². The maximum Gasteiger partial charge on any atom is 0.317 e. The smallest absolute Gasteiger partial charge is 0.317 e. The molecule has 0 saturated heterocycles. The number of hydrogen-bond acceptors (Lipinski definition) is 6. The number of carboxylic acid groups (broad SMARTS) is 1. The monoisotopic (exact) mass is 428 g/mol. The van der Waals surface area contributed by atoms with E-state index in [1.807, 2.05) is 13.8 Å². The summed E-state index contributed by atoms with van der Waals surface area (Å²) in [4.78, 5) is 59.7. The number of amides is 5. The minimum atomic E-state index is -1.00. The number of carbonyl (C=O) groups excluding carboxylic acids is 4. The molecule has 11 heteroatoms. The largest absolute Gasteiger partial charge is 0.481 e. The number of hydrogen-bond donors (Lipinski definition) is 3. The maximum atomic E-state index is 12.1. The molecule has 1 heterocycles. The summed E-state index contributed by atoms with van der Waals surface area (Å²) in [7, 11) is 1.51. The van der Waals surface area contributed by atoms with Crippen LogP contribution in [0.2, 0.25) is 0 Å². The van der Waals surface area contributed by atoms with Crippen LogP contribution in [0, 0.1) is 0 Å². The van der Waals surface area contributed by atoms with E-state index in [-0.39, 0.29) is 31.8 Å². The highest BCUT2D eigenvalue weighted by atomic mass is 16.5. The Hall–Kier alpha value is -2.95. The van der Waals surface area contributed by atoms with E-state index < -0.39 is 23.8 Å². The minimum absolute atomic E-state index is 0.00221. The van der Waals surface area contributed by atoms with Gasteiger partial charge in [0.1, 0.15) is 0 Å². The zero-order valence-electron chi connectivity index (χ0n) is 17.8. The molecule has 0 radical (unpaired) electrons. The second kappa shape index (κ2) is 15.9. The standard InChI is InChI=1S/C17H26N4O7.C2H6/c1-28-12-11-20(17(27)19-8-5-16(25)26)9-2-7-18-13(22)6-10-21-14(23)3-4-15(21)24;1-2/h3-4H,2,5-12H2,1H3,(H,18,22)(H,19,27)(H,25,26);1-2H3. The molecule has 0 aromatic heterocycles. The van der Waals surface area contributed by atoms with E-state index in [1.165, 1.54) is 12.0 Å². The first-order chi connectivity index (χ1) is 14.3. The van der Waals surface area contributed by atoms with Crippen LogP contribution >= 0.6 is 0 Å². The van der Waals surface area contributed by atoms with Crippen LogP contribution in [0.25, 0.3) is 0 Å². The van der Waals surface area contributed by atoms with Gasteiger partial charge in [0.2, 0.25) is 5.91 Å². The van der Waals surface area contributed by atoms with Gasteiger partial charge in [-0.05, 0) is 6.42 Å². The van der Waals surface area contributed by atoms with Crippen LogP contribution in [0.15, 0.2) is 12.2 Å². The average molecular weight is 428 g/mol. The predicted octanol–water partition coefficient (Wildman–Crippen LogP) is -0.0333. The molecule has 0 fully saturated rings. The third kappa shape index (κ3) is 11.1. The van der Waals surface area contributed by atoms with Gasteiger partial charge in [0.15, 0.2) is 0 Å². The zero-order valence-corrected chi connectivity index (χ0v) is 17.8. The van der Waals surface area contributed by atoms with Gasteiger partial charge in [0, 0.05) is 58.4 Å². The van der Waals surface area contributed by atoms with Crippen LogP contribution in [0.3, 0.4) is 0 Å². The summed E-state index contributed by atoms with van der Waals surface area (Å²) in [5.74, 6) is -2.16. The number of aliphatic carboxylic acids is 1. The molecule has 1 aliphatic heterocycles. The van der Waals surface area contributed by atoms with Crippen molar-refractivity contribution in [2.75, 3.05) is 46.4 Å². The Bertz CT molecular complexity index is 604. The maximum absolute atomic E-state index is 12.1. The van der Waals surface area contributed by atoms with E-state index in [9.17, 15) is 24.0 Å². The van der Waals surface area contributed by atoms with E-state index in [4.69, 9.17) is 9.84 Å². The van der Waals surface area contributed by atoms with E-state index in [1.54, 1.807) is 0 Å². The highest BCUT2D eigenvalue weighted by molar-refractivity contribution is 6.13. The number of imide groups is 1. The van der Waals surface area contributed by atoms with Crippen molar-refractivity contribution in [3.05, 3.63) is 12.2 Å². The van der Waals surface area contributed by atoms with E-state index in [0.717, 1.165) is 17.1 Å². The molecule has 0 saturated carbocycles. The molecule has 170 valence electrons. The van der Waals surface area contributed by atoms with Crippen LogP contribution in [0.4, 0.5) is 4.79 Å². The first kappa shape index (κ1) is 27.0. The zero-order chi connectivity index (χ0) is 22.9. The number of nitrogens with one attached hydrogen (secondary N) is 2. The fraction of sp³-hybridized carbons (Fsp3) is 0.632. The summed E-state index contributed by atoms with van der Waals surface area (Å²) < 4.78 is 4.96. The molecule has 30 heavy (non-hydrogen) atoms. The van der Waals surface area contributed by atoms with Crippen molar-refractivity contribution >= 4 is 29.7 Å².